The van der Waals surface area contributed by atoms with E-state index in [1.165, 1.54) is 0 Å². The predicted molar refractivity (Wildman–Crippen MR) is 63.5 cm³/mol. The number of anilines is 2. The van der Waals surface area contributed by atoms with Crippen molar-refractivity contribution >= 4 is 24.0 Å². The first-order valence-electron chi connectivity index (χ1n) is 4.34. The molecular formula is C10H10N4S. The maximum atomic E-state index is 5.85. The summed E-state index contributed by atoms with van der Waals surface area (Å²) in [7, 11) is 0. The van der Waals surface area contributed by atoms with Crippen molar-refractivity contribution in [1.29, 1.82) is 0 Å². The lowest BCUT2D eigenvalue weighted by molar-refractivity contribution is 1.16. The second-order valence-electron chi connectivity index (χ2n) is 3.08. The number of nitrogens with zero attached hydrogens (tertiary/aromatic N) is 2. The first-order chi connectivity index (χ1) is 7.18. The Morgan fingerprint density at radius 3 is 2.33 bits per heavy atom. The molecule has 2 rings (SSSR count). The van der Waals surface area contributed by atoms with Crippen LogP contribution in [0.1, 0.15) is 0 Å². The fraction of sp³-hybridized carbons (Fsp3) is 0. The molecule has 0 radical (unpaired) electrons. The van der Waals surface area contributed by atoms with Crippen LogP contribution in [0, 0.1) is 0 Å². The molecule has 0 saturated carbocycles. The number of thiol groups is 1. The van der Waals surface area contributed by atoms with Crippen LogP contribution in [-0.2, 0) is 0 Å². The molecule has 0 aliphatic heterocycles. The van der Waals surface area contributed by atoms with Crippen LogP contribution < -0.4 is 11.5 Å². The zero-order valence-electron chi connectivity index (χ0n) is 7.88. The van der Waals surface area contributed by atoms with Crippen molar-refractivity contribution in [3.8, 4) is 11.4 Å². The van der Waals surface area contributed by atoms with Crippen LogP contribution in [0.3, 0.4) is 0 Å². The van der Waals surface area contributed by atoms with Crippen molar-refractivity contribution in [1.82, 2.24) is 9.97 Å². The summed E-state index contributed by atoms with van der Waals surface area (Å²) in [5.74, 6) is 0.556. The maximum absolute atomic E-state index is 5.85. The molecule has 0 aliphatic carbocycles. The highest BCUT2D eigenvalue weighted by molar-refractivity contribution is 7.80. The topological polar surface area (TPSA) is 77.8 Å². The SMILES string of the molecule is Nc1cc(N)c(-c2ncccn2)c(S)c1. The molecule has 0 bridgehead atoms. The van der Waals surface area contributed by atoms with Gasteiger partial charge in [-0.1, -0.05) is 0 Å². The lowest BCUT2D eigenvalue weighted by Crippen LogP contribution is -1.97. The van der Waals surface area contributed by atoms with Crippen molar-refractivity contribution in [2.75, 3.05) is 11.5 Å². The number of nitrogen functional groups attached to an aromatic ring is 2. The molecule has 4 N–H and O–H groups in total. The van der Waals surface area contributed by atoms with Gasteiger partial charge in [0.1, 0.15) is 0 Å². The number of hydrogen-bond acceptors (Lipinski definition) is 5. The third-order valence-corrected chi connectivity index (χ3v) is 2.31. The quantitative estimate of drug-likeness (QED) is 0.502. The summed E-state index contributed by atoms with van der Waals surface area (Å²) in [6.45, 7) is 0. The third kappa shape index (κ3) is 1.87. The van der Waals surface area contributed by atoms with Crippen LogP contribution in [0.5, 0.6) is 0 Å². The highest BCUT2D eigenvalue weighted by atomic mass is 32.1. The van der Waals surface area contributed by atoms with Gasteiger partial charge in [-0.25, -0.2) is 9.97 Å². The molecule has 1 aromatic carbocycles. The summed E-state index contributed by atoms with van der Waals surface area (Å²) in [4.78, 5) is 8.92. The van der Waals surface area contributed by atoms with Crippen LogP contribution in [-0.4, -0.2) is 9.97 Å². The van der Waals surface area contributed by atoms with E-state index in [0.29, 0.717) is 27.7 Å². The van der Waals surface area contributed by atoms with E-state index in [0.717, 1.165) is 0 Å². The Morgan fingerprint density at radius 2 is 1.73 bits per heavy atom. The number of nitrogens with two attached hydrogens (primary N) is 2. The summed E-state index contributed by atoms with van der Waals surface area (Å²) in [5.41, 5.74) is 13.3. The largest absolute Gasteiger partial charge is 0.399 e. The van der Waals surface area contributed by atoms with Gasteiger partial charge in [0.05, 0.1) is 5.56 Å². The van der Waals surface area contributed by atoms with E-state index in [9.17, 15) is 0 Å². The van der Waals surface area contributed by atoms with Crippen molar-refractivity contribution in [2.45, 2.75) is 4.90 Å². The average Bonchev–Trinajstić information content (AvgIpc) is 2.17. The van der Waals surface area contributed by atoms with Crippen molar-refractivity contribution in [3.63, 3.8) is 0 Å². The standard InChI is InChI=1S/C10H10N4S/c11-6-4-7(12)9(8(15)5-6)10-13-2-1-3-14-10/h1-5,15H,11-12H2. The Hall–Kier alpha value is -1.75. The minimum absolute atomic E-state index is 0.534. The zero-order valence-corrected chi connectivity index (χ0v) is 8.78. The molecule has 0 saturated heterocycles. The lowest BCUT2D eigenvalue weighted by Gasteiger charge is -2.08. The van der Waals surface area contributed by atoms with Crippen molar-refractivity contribution in [3.05, 3.63) is 30.6 Å². The summed E-state index contributed by atoms with van der Waals surface area (Å²) < 4.78 is 0. The van der Waals surface area contributed by atoms with Gasteiger partial charge in [0.2, 0.25) is 0 Å². The van der Waals surface area contributed by atoms with Gasteiger partial charge < -0.3 is 11.5 Å². The zero-order chi connectivity index (χ0) is 10.8. The van der Waals surface area contributed by atoms with E-state index in [2.05, 4.69) is 22.6 Å². The molecule has 15 heavy (non-hydrogen) atoms. The first-order valence-corrected chi connectivity index (χ1v) is 4.78. The predicted octanol–water partition coefficient (Wildman–Crippen LogP) is 1.60. The molecule has 0 amide bonds. The van der Waals surface area contributed by atoms with Gasteiger partial charge in [-0.05, 0) is 18.2 Å². The third-order valence-electron chi connectivity index (χ3n) is 1.96. The highest BCUT2D eigenvalue weighted by Crippen LogP contribution is 2.31. The molecule has 1 heterocycles. The number of hydrogen-bond donors (Lipinski definition) is 3. The van der Waals surface area contributed by atoms with Crippen LogP contribution in [0.15, 0.2) is 35.5 Å². The summed E-state index contributed by atoms with van der Waals surface area (Å²) >= 11 is 4.31. The van der Waals surface area contributed by atoms with Gasteiger partial charge in [-0.3, -0.25) is 0 Å². The molecule has 0 fully saturated rings. The normalized spacial score (nSPS) is 10.2. The fourth-order valence-electron chi connectivity index (χ4n) is 1.34. The minimum Gasteiger partial charge on any atom is -0.399 e. The van der Waals surface area contributed by atoms with Gasteiger partial charge in [-0.2, -0.15) is 0 Å². The van der Waals surface area contributed by atoms with Crippen molar-refractivity contribution < 1.29 is 0 Å². The second-order valence-corrected chi connectivity index (χ2v) is 3.56. The van der Waals surface area contributed by atoms with Crippen LogP contribution in [0.25, 0.3) is 11.4 Å². The molecule has 0 spiro atoms. The fourth-order valence-corrected chi connectivity index (χ4v) is 1.72. The van der Waals surface area contributed by atoms with Gasteiger partial charge in [0.15, 0.2) is 5.82 Å². The van der Waals surface area contributed by atoms with Gasteiger partial charge >= 0.3 is 0 Å². The summed E-state index contributed by atoms with van der Waals surface area (Å²) in [6.07, 6.45) is 3.32. The average molecular weight is 218 g/mol. The Morgan fingerprint density at radius 1 is 1.07 bits per heavy atom. The minimum atomic E-state index is 0.534. The van der Waals surface area contributed by atoms with E-state index in [1.54, 1.807) is 30.6 Å². The maximum Gasteiger partial charge on any atom is 0.162 e. The smallest absolute Gasteiger partial charge is 0.162 e. The summed E-state index contributed by atoms with van der Waals surface area (Å²) in [6, 6.07) is 5.14. The van der Waals surface area contributed by atoms with E-state index >= 15 is 0 Å². The molecule has 0 atom stereocenters. The molecule has 1 aromatic heterocycles. The molecule has 76 valence electrons. The first kappa shape index (κ1) is 9.79. The monoisotopic (exact) mass is 218 g/mol. The van der Waals surface area contributed by atoms with Gasteiger partial charge in [-0.15, -0.1) is 12.6 Å². The van der Waals surface area contributed by atoms with Crippen molar-refractivity contribution in [2.24, 2.45) is 0 Å². The molecule has 4 nitrogen and oxygen atoms in total. The van der Waals surface area contributed by atoms with E-state index in [-0.39, 0.29) is 0 Å². The number of aromatic nitrogens is 2. The Bertz CT molecular complexity index is 461. The summed E-state index contributed by atoms with van der Waals surface area (Å²) in [5, 5.41) is 0. The molecule has 2 aromatic rings. The second kappa shape index (κ2) is 3.78. The Balaban J connectivity index is 2.64. The van der Waals surface area contributed by atoms with Gasteiger partial charge in [0.25, 0.3) is 0 Å². The molecule has 5 heteroatoms. The van der Waals surface area contributed by atoms with Crippen LogP contribution in [0.2, 0.25) is 0 Å². The van der Waals surface area contributed by atoms with E-state index < -0.39 is 0 Å². The number of benzene rings is 1. The molecular weight excluding hydrogens is 208 g/mol. The van der Waals surface area contributed by atoms with E-state index in [4.69, 9.17) is 11.5 Å². The number of rotatable bonds is 1. The lowest BCUT2D eigenvalue weighted by atomic mass is 10.1. The highest BCUT2D eigenvalue weighted by Gasteiger charge is 2.09. The Kier molecular flexibility index (Phi) is 2.47. The van der Waals surface area contributed by atoms with Crippen LogP contribution >= 0.6 is 12.6 Å². The van der Waals surface area contributed by atoms with Crippen LogP contribution in [0.4, 0.5) is 11.4 Å². The Labute approximate surface area is 92.8 Å². The van der Waals surface area contributed by atoms with Gasteiger partial charge in [0, 0.05) is 28.7 Å². The molecule has 0 aliphatic rings. The molecule has 0 unspecified atom stereocenters. The van der Waals surface area contributed by atoms with E-state index in [1.807, 2.05) is 0 Å².